The monoisotopic (exact) mass is 340 g/mol. The van der Waals surface area contributed by atoms with Crippen LogP contribution in [0.5, 0.6) is 0 Å². The van der Waals surface area contributed by atoms with Gasteiger partial charge in [-0.25, -0.2) is 0 Å². The third-order valence-electron chi connectivity index (χ3n) is 3.31. The number of nitrogens with zero attached hydrogens (tertiary/aromatic N) is 5. The highest BCUT2D eigenvalue weighted by atomic mass is 35.5. The molecule has 2 aromatic rings. The lowest BCUT2D eigenvalue weighted by Crippen LogP contribution is -2.29. The van der Waals surface area contributed by atoms with E-state index in [-0.39, 0.29) is 18.1 Å². The van der Waals surface area contributed by atoms with Gasteiger partial charge in [0.2, 0.25) is 5.91 Å². The van der Waals surface area contributed by atoms with Crippen LogP contribution in [0.15, 0.2) is 12.4 Å². The molecule has 2 rings (SSSR count). The van der Waals surface area contributed by atoms with Crippen molar-refractivity contribution in [1.29, 1.82) is 0 Å². The van der Waals surface area contributed by atoms with Gasteiger partial charge in [-0.05, 0) is 20.3 Å². The second-order valence-corrected chi connectivity index (χ2v) is 5.50. The SMILES string of the molecule is Cc1nn(CC(=O)NCCCn2cc(Cl)cn2)c(C)c1[N+](=O)[O-]. The molecule has 0 saturated heterocycles. The first-order valence-electron chi connectivity index (χ1n) is 7.01. The van der Waals surface area contributed by atoms with Crippen molar-refractivity contribution in [3.8, 4) is 0 Å². The lowest BCUT2D eigenvalue weighted by Gasteiger charge is -2.06. The van der Waals surface area contributed by atoms with Crippen molar-refractivity contribution in [2.24, 2.45) is 0 Å². The van der Waals surface area contributed by atoms with E-state index in [1.807, 2.05) is 0 Å². The predicted octanol–water partition coefficient (Wildman–Crippen LogP) is 1.46. The van der Waals surface area contributed by atoms with E-state index in [9.17, 15) is 14.9 Å². The topological polar surface area (TPSA) is 108 Å². The maximum atomic E-state index is 11.9. The molecule has 1 amide bonds. The molecule has 0 saturated carbocycles. The molecule has 0 spiro atoms. The summed E-state index contributed by atoms with van der Waals surface area (Å²) in [5.41, 5.74) is 0.623. The molecule has 124 valence electrons. The van der Waals surface area contributed by atoms with E-state index in [0.717, 1.165) is 0 Å². The average Bonchev–Trinajstić information content (AvgIpc) is 2.99. The summed E-state index contributed by atoms with van der Waals surface area (Å²) < 4.78 is 3.04. The minimum absolute atomic E-state index is 0.0475. The highest BCUT2D eigenvalue weighted by molar-refractivity contribution is 6.30. The number of nitrogens with one attached hydrogen (secondary N) is 1. The van der Waals surface area contributed by atoms with Gasteiger partial charge in [-0.15, -0.1) is 0 Å². The number of carbonyl (C=O) groups is 1. The van der Waals surface area contributed by atoms with Gasteiger partial charge in [0.15, 0.2) is 0 Å². The van der Waals surface area contributed by atoms with Crippen LogP contribution in [0, 0.1) is 24.0 Å². The van der Waals surface area contributed by atoms with Gasteiger partial charge in [-0.2, -0.15) is 10.2 Å². The predicted molar refractivity (Wildman–Crippen MR) is 83.2 cm³/mol. The Labute approximate surface area is 137 Å². The highest BCUT2D eigenvalue weighted by Crippen LogP contribution is 2.21. The molecule has 23 heavy (non-hydrogen) atoms. The Kier molecular flexibility index (Phi) is 5.32. The van der Waals surface area contributed by atoms with Crippen molar-refractivity contribution in [2.45, 2.75) is 33.4 Å². The van der Waals surface area contributed by atoms with E-state index < -0.39 is 4.92 Å². The lowest BCUT2D eigenvalue weighted by molar-refractivity contribution is -0.386. The third kappa shape index (κ3) is 4.28. The van der Waals surface area contributed by atoms with Crippen molar-refractivity contribution < 1.29 is 9.72 Å². The number of amides is 1. The van der Waals surface area contributed by atoms with Crippen LogP contribution in [0.4, 0.5) is 5.69 Å². The van der Waals surface area contributed by atoms with E-state index in [1.165, 1.54) is 4.68 Å². The van der Waals surface area contributed by atoms with E-state index in [1.54, 1.807) is 30.9 Å². The molecule has 9 nitrogen and oxygen atoms in total. The minimum atomic E-state index is -0.485. The Balaban J connectivity index is 1.81. The first kappa shape index (κ1) is 16.9. The second kappa shape index (κ2) is 7.23. The molecule has 0 fully saturated rings. The largest absolute Gasteiger partial charge is 0.354 e. The van der Waals surface area contributed by atoms with Gasteiger partial charge in [0, 0.05) is 19.3 Å². The Morgan fingerprint density at radius 2 is 2.22 bits per heavy atom. The van der Waals surface area contributed by atoms with Gasteiger partial charge in [0.05, 0.1) is 16.1 Å². The molecule has 0 radical (unpaired) electrons. The fourth-order valence-electron chi connectivity index (χ4n) is 2.23. The van der Waals surface area contributed by atoms with Crippen LogP contribution >= 0.6 is 11.6 Å². The molecule has 0 atom stereocenters. The lowest BCUT2D eigenvalue weighted by atomic mass is 10.3. The third-order valence-corrected chi connectivity index (χ3v) is 3.50. The number of aromatic nitrogens is 4. The Morgan fingerprint density at radius 3 is 2.78 bits per heavy atom. The van der Waals surface area contributed by atoms with Crippen LogP contribution in [0.3, 0.4) is 0 Å². The van der Waals surface area contributed by atoms with Crippen LogP contribution in [0.1, 0.15) is 17.8 Å². The second-order valence-electron chi connectivity index (χ2n) is 5.06. The molecule has 0 aromatic carbocycles. The summed E-state index contributed by atoms with van der Waals surface area (Å²) in [5, 5.41) is 22.3. The number of aryl methyl sites for hydroxylation is 2. The van der Waals surface area contributed by atoms with Crippen molar-refractivity contribution in [3.05, 3.63) is 38.9 Å². The van der Waals surface area contributed by atoms with Gasteiger partial charge in [0.25, 0.3) is 0 Å². The maximum absolute atomic E-state index is 11.9. The average molecular weight is 341 g/mol. The standard InChI is InChI=1S/C13H17ClN6O3/c1-9-13(20(22)23)10(2)19(17-9)8-12(21)15-4-3-5-18-7-11(14)6-16-18/h6-7H,3-5,8H2,1-2H3,(H,15,21). The van der Waals surface area contributed by atoms with E-state index in [2.05, 4.69) is 15.5 Å². The van der Waals surface area contributed by atoms with Crippen LogP contribution in [0.2, 0.25) is 5.02 Å². The molecule has 10 heteroatoms. The minimum Gasteiger partial charge on any atom is -0.354 e. The fraction of sp³-hybridized carbons (Fsp3) is 0.462. The fourth-order valence-corrected chi connectivity index (χ4v) is 2.38. The van der Waals surface area contributed by atoms with E-state index >= 15 is 0 Å². The summed E-state index contributed by atoms with van der Waals surface area (Å²) in [7, 11) is 0. The van der Waals surface area contributed by atoms with Crippen LogP contribution in [-0.4, -0.2) is 36.9 Å². The van der Waals surface area contributed by atoms with Crippen LogP contribution in [0.25, 0.3) is 0 Å². The molecular weight excluding hydrogens is 324 g/mol. The van der Waals surface area contributed by atoms with Gasteiger partial charge >= 0.3 is 5.69 Å². The van der Waals surface area contributed by atoms with Crippen molar-refractivity contribution >= 4 is 23.2 Å². The zero-order chi connectivity index (χ0) is 17.0. The maximum Gasteiger partial charge on any atom is 0.312 e. The Morgan fingerprint density at radius 1 is 1.48 bits per heavy atom. The van der Waals surface area contributed by atoms with Crippen molar-refractivity contribution in [2.75, 3.05) is 6.54 Å². The summed E-state index contributed by atoms with van der Waals surface area (Å²) in [5.74, 6) is -0.246. The zero-order valence-corrected chi connectivity index (χ0v) is 13.6. The van der Waals surface area contributed by atoms with Gasteiger partial charge in [-0.1, -0.05) is 11.6 Å². The molecule has 0 unspecified atom stereocenters. The molecule has 2 aromatic heterocycles. The van der Waals surface area contributed by atoms with Crippen molar-refractivity contribution in [1.82, 2.24) is 24.9 Å². The number of rotatable bonds is 7. The molecule has 0 aliphatic heterocycles. The Hall–Kier alpha value is -2.42. The number of hydrogen-bond donors (Lipinski definition) is 1. The Bertz CT molecular complexity index is 723. The number of halogens is 1. The van der Waals surface area contributed by atoms with Crippen LogP contribution < -0.4 is 5.32 Å². The molecule has 1 N–H and O–H groups in total. The molecule has 2 heterocycles. The van der Waals surface area contributed by atoms with Gasteiger partial charge in [0.1, 0.15) is 17.9 Å². The summed E-state index contributed by atoms with van der Waals surface area (Å²) in [6, 6.07) is 0. The summed E-state index contributed by atoms with van der Waals surface area (Å²) in [6.07, 6.45) is 3.95. The van der Waals surface area contributed by atoms with Gasteiger partial charge < -0.3 is 5.32 Å². The number of carbonyl (C=O) groups excluding carboxylic acids is 1. The first-order valence-corrected chi connectivity index (χ1v) is 7.39. The van der Waals surface area contributed by atoms with E-state index in [0.29, 0.717) is 35.9 Å². The van der Waals surface area contributed by atoms with E-state index in [4.69, 9.17) is 11.6 Å². The molecular formula is C13H17ClN6O3. The number of hydrogen-bond acceptors (Lipinski definition) is 5. The summed E-state index contributed by atoms with van der Waals surface area (Å²) in [6.45, 7) is 4.19. The van der Waals surface area contributed by atoms with Crippen molar-refractivity contribution in [3.63, 3.8) is 0 Å². The summed E-state index contributed by atoms with van der Waals surface area (Å²) >= 11 is 5.76. The zero-order valence-electron chi connectivity index (χ0n) is 12.8. The quantitative estimate of drug-likeness (QED) is 0.466. The first-order chi connectivity index (χ1) is 10.9. The van der Waals surface area contributed by atoms with Gasteiger partial charge in [-0.3, -0.25) is 24.3 Å². The molecule has 0 aliphatic carbocycles. The van der Waals surface area contributed by atoms with Crippen LogP contribution in [-0.2, 0) is 17.9 Å². The summed E-state index contributed by atoms with van der Waals surface area (Å²) in [4.78, 5) is 22.3. The smallest absolute Gasteiger partial charge is 0.312 e. The number of nitro groups is 1. The highest BCUT2D eigenvalue weighted by Gasteiger charge is 2.22. The molecule has 0 aliphatic rings. The molecule has 0 bridgehead atoms. The normalized spacial score (nSPS) is 10.7.